The zero-order chi connectivity index (χ0) is 18.4. The van der Waals surface area contributed by atoms with Crippen molar-refractivity contribution in [2.75, 3.05) is 56.2 Å². The van der Waals surface area contributed by atoms with E-state index in [9.17, 15) is 4.79 Å². The average Bonchev–Trinajstić information content (AvgIpc) is 2.68. The third-order valence-electron chi connectivity index (χ3n) is 4.09. The summed E-state index contributed by atoms with van der Waals surface area (Å²) in [5.74, 6) is 1.87. The molecule has 0 aromatic carbocycles. The van der Waals surface area contributed by atoms with E-state index < -0.39 is 0 Å². The van der Waals surface area contributed by atoms with Gasteiger partial charge in [-0.25, -0.2) is 19.9 Å². The number of hydrogen-bond donors (Lipinski definition) is 1. The Morgan fingerprint density at radius 3 is 2.54 bits per heavy atom. The monoisotopic (exact) mass is 357 g/mol. The van der Waals surface area contributed by atoms with Gasteiger partial charge in [0.1, 0.15) is 17.3 Å². The molecule has 138 valence electrons. The summed E-state index contributed by atoms with van der Waals surface area (Å²) < 4.78 is 4.95. The lowest BCUT2D eigenvalue weighted by Gasteiger charge is -2.35. The molecule has 0 radical (unpaired) electrons. The second-order valence-electron chi connectivity index (χ2n) is 5.93. The molecule has 3 heterocycles. The van der Waals surface area contributed by atoms with Crippen LogP contribution in [-0.2, 0) is 4.74 Å². The number of carbonyl (C=O) groups is 1. The van der Waals surface area contributed by atoms with E-state index in [0.29, 0.717) is 24.7 Å². The minimum absolute atomic E-state index is 0.217. The Kier molecular flexibility index (Phi) is 5.90. The Labute approximate surface area is 152 Å². The molecule has 0 bridgehead atoms. The van der Waals surface area contributed by atoms with Crippen molar-refractivity contribution >= 4 is 17.7 Å². The summed E-state index contributed by atoms with van der Waals surface area (Å²) in [6, 6.07) is 3.55. The van der Waals surface area contributed by atoms with Crippen LogP contribution >= 0.6 is 0 Å². The number of methoxy groups -OCH3 is 1. The molecule has 3 rings (SSSR count). The molecule has 2 aromatic rings. The van der Waals surface area contributed by atoms with Gasteiger partial charge in [-0.3, -0.25) is 4.79 Å². The molecule has 0 aliphatic carbocycles. The molecule has 1 aliphatic heterocycles. The van der Waals surface area contributed by atoms with Crippen LogP contribution in [0.15, 0.2) is 24.5 Å². The van der Waals surface area contributed by atoms with E-state index in [2.05, 4.69) is 35.1 Å². The molecule has 0 spiro atoms. The maximum atomic E-state index is 12.2. The summed E-state index contributed by atoms with van der Waals surface area (Å²) in [7, 11) is 1.60. The second-order valence-corrected chi connectivity index (χ2v) is 5.93. The lowest BCUT2D eigenvalue weighted by molar-refractivity contribution is 0.0931. The summed E-state index contributed by atoms with van der Waals surface area (Å²) in [6.45, 7) is 5.85. The molecular formula is C17H23N7O2. The largest absolute Gasteiger partial charge is 0.383 e. The normalized spacial score (nSPS) is 14.4. The number of aryl methyl sites for hydroxylation is 1. The van der Waals surface area contributed by atoms with Gasteiger partial charge >= 0.3 is 0 Å². The third kappa shape index (κ3) is 4.42. The van der Waals surface area contributed by atoms with Crippen LogP contribution in [-0.4, -0.2) is 72.3 Å². The van der Waals surface area contributed by atoms with Gasteiger partial charge in [-0.2, -0.15) is 0 Å². The molecule has 2 aromatic heterocycles. The first-order chi connectivity index (χ1) is 12.7. The number of piperazine rings is 1. The third-order valence-corrected chi connectivity index (χ3v) is 4.09. The van der Waals surface area contributed by atoms with Crippen molar-refractivity contribution in [3.8, 4) is 0 Å². The van der Waals surface area contributed by atoms with Gasteiger partial charge in [-0.1, -0.05) is 0 Å². The zero-order valence-corrected chi connectivity index (χ0v) is 15.1. The van der Waals surface area contributed by atoms with Gasteiger partial charge in [-0.05, 0) is 13.0 Å². The highest BCUT2D eigenvalue weighted by Crippen LogP contribution is 2.17. The van der Waals surface area contributed by atoms with Crippen molar-refractivity contribution in [2.24, 2.45) is 0 Å². The van der Waals surface area contributed by atoms with Gasteiger partial charge in [0.25, 0.3) is 5.91 Å². The van der Waals surface area contributed by atoms with E-state index >= 15 is 0 Å². The van der Waals surface area contributed by atoms with Gasteiger partial charge in [0.2, 0.25) is 5.95 Å². The zero-order valence-electron chi connectivity index (χ0n) is 15.1. The van der Waals surface area contributed by atoms with Crippen molar-refractivity contribution in [1.82, 2.24) is 25.3 Å². The second kappa shape index (κ2) is 8.52. The molecule has 26 heavy (non-hydrogen) atoms. The first-order valence-corrected chi connectivity index (χ1v) is 8.57. The summed E-state index contributed by atoms with van der Waals surface area (Å²) in [6.07, 6.45) is 3.49. The van der Waals surface area contributed by atoms with Crippen molar-refractivity contribution in [3.05, 3.63) is 36.0 Å². The molecule has 1 saturated heterocycles. The number of nitrogens with zero attached hydrogens (tertiary/aromatic N) is 6. The number of rotatable bonds is 6. The van der Waals surface area contributed by atoms with E-state index in [1.54, 1.807) is 32.5 Å². The number of hydrogen-bond acceptors (Lipinski definition) is 8. The Balaban J connectivity index is 1.65. The van der Waals surface area contributed by atoms with Gasteiger partial charge < -0.3 is 19.9 Å². The van der Waals surface area contributed by atoms with Gasteiger partial charge in [-0.15, -0.1) is 0 Å². The maximum absolute atomic E-state index is 12.2. The minimum atomic E-state index is -0.217. The lowest BCUT2D eigenvalue weighted by atomic mass is 10.3. The Bertz CT molecular complexity index is 733. The highest BCUT2D eigenvalue weighted by molar-refractivity contribution is 5.92. The van der Waals surface area contributed by atoms with Gasteiger partial charge in [0.05, 0.1) is 6.61 Å². The van der Waals surface area contributed by atoms with E-state index in [4.69, 9.17) is 4.74 Å². The van der Waals surface area contributed by atoms with Crippen LogP contribution in [0.2, 0.25) is 0 Å². The summed E-state index contributed by atoms with van der Waals surface area (Å²) in [5.41, 5.74) is 0.373. The highest BCUT2D eigenvalue weighted by atomic mass is 16.5. The first kappa shape index (κ1) is 18.0. The Morgan fingerprint density at radius 2 is 1.85 bits per heavy atom. The first-order valence-electron chi connectivity index (χ1n) is 8.57. The number of amides is 1. The van der Waals surface area contributed by atoms with Crippen molar-refractivity contribution in [2.45, 2.75) is 6.92 Å². The summed E-state index contributed by atoms with van der Waals surface area (Å²) in [5, 5.41) is 2.79. The number of carbonyl (C=O) groups excluding carboxylic acids is 1. The van der Waals surface area contributed by atoms with Crippen LogP contribution in [0.5, 0.6) is 0 Å². The maximum Gasteiger partial charge on any atom is 0.270 e. The molecule has 0 atom stereocenters. The van der Waals surface area contributed by atoms with Crippen LogP contribution in [0.3, 0.4) is 0 Å². The van der Waals surface area contributed by atoms with Crippen LogP contribution in [0.1, 0.15) is 16.3 Å². The predicted octanol–water partition coefficient (Wildman–Crippen LogP) is 0.278. The fraction of sp³-hybridized carbons (Fsp3) is 0.471. The standard InChI is InChI=1S/C17H23N7O2/c1-13-21-14(16(25)18-6-11-26-2)12-15(22-13)23-7-9-24(10-8-23)17-19-4-3-5-20-17/h3-5,12H,6-11H2,1-2H3,(H,18,25). The molecule has 9 heteroatoms. The lowest BCUT2D eigenvalue weighted by Crippen LogP contribution is -2.47. The van der Waals surface area contributed by atoms with Gasteiger partial charge in [0.15, 0.2) is 0 Å². The number of anilines is 2. The highest BCUT2D eigenvalue weighted by Gasteiger charge is 2.21. The van der Waals surface area contributed by atoms with E-state index in [-0.39, 0.29) is 5.91 Å². The number of nitrogens with one attached hydrogen (secondary N) is 1. The summed E-state index contributed by atoms with van der Waals surface area (Å²) in [4.78, 5) is 33.9. The smallest absolute Gasteiger partial charge is 0.270 e. The van der Waals surface area contributed by atoms with Crippen molar-refractivity contribution in [1.29, 1.82) is 0 Å². The van der Waals surface area contributed by atoms with Crippen LogP contribution < -0.4 is 15.1 Å². The molecule has 1 fully saturated rings. The predicted molar refractivity (Wildman–Crippen MR) is 97.4 cm³/mol. The number of ether oxygens (including phenoxy) is 1. The van der Waals surface area contributed by atoms with Crippen molar-refractivity contribution < 1.29 is 9.53 Å². The topological polar surface area (TPSA) is 96.4 Å². The molecule has 0 saturated carbocycles. The quantitative estimate of drug-likeness (QED) is 0.737. The van der Waals surface area contributed by atoms with E-state index in [0.717, 1.165) is 37.9 Å². The minimum Gasteiger partial charge on any atom is -0.383 e. The molecule has 1 aliphatic rings. The number of aromatic nitrogens is 4. The van der Waals surface area contributed by atoms with Crippen LogP contribution in [0.25, 0.3) is 0 Å². The van der Waals surface area contributed by atoms with Crippen LogP contribution in [0, 0.1) is 6.92 Å². The Morgan fingerprint density at radius 1 is 1.15 bits per heavy atom. The SMILES string of the molecule is COCCNC(=O)c1cc(N2CCN(c3ncccn3)CC2)nc(C)n1. The van der Waals surface area contributed by atoms with Gasteiger partial charge in [0, 0.05) is 58.3 Å². The van der Waals surface area contributed by atoms with Crippen LogP contribution in [0.4, 0.5) is 11.8 Å². The summed E-state index contributed by atoms with van der Waals surface area (Å²) >= 11 is 0. The van der Waals surface area contributed by atoms with Crippen molar-refractivity contribution in [3.63, 3.8) is 0 Å². The fourth-order valence-corrected chi connectivity index (χ4v) is 2.78. The molecule has 0 unspecified atom stereocenters. The molecule has 9 nitrogen and oxygen atoms in total. The Hall–Kier alpha value is -2.81. The average molecular weight is 357 g/mol. The molecule has 1 N–H and O–H groups in total. The van der Waals surface area contributed by atoms with E-state index in [1.165, 1.54) is 0 Å². The van der Waals surface area contributed by atoms with E-state index in [1.807, 2.05) is 6.07 Å². The fourth-order valence-electron chi connectivity index (χ4n) is 2.78. The molecule has 1 amide bonds. The molecular weight excluding hydrogens is 334 g/mol.